The highest BCUT2D eigenvalue weighted by Crippen LogP contribution is 2.16. The molecule has 1 aliphatic rings. The zero-order valence-electron chi connectivity index (χ0n) is 14.1. The first-order valence-corrected chi connectivity index (χ1v) is 8.31. The van der Waals surface area contributed by atoms with Crippen LogP contribution in [0.4, 0.5) is 0 Å². The number of hydrogen-bond acceptors (Lipinski definition) is 5. The molecule has 124 valence electrons. The third-order valence-corrected chi connectivity index (χ3v) is 4.10. The molecule has 1 saturated heterocycles. The molecule has 2 unspecified atom stereocenters. The van der Waals surface area contributed by atoms with Crippen LogP contribution in [0.2, 0.25) is 0 Å². The summed E-state index contributed by atoms with van der Waals surface area (Å²) in [6, 6.07) is 0. The van der Waals surface area contributed by atoms with Crippen molar-refractivity contribution < 1.29 is 14.3 Å². The molecular weight excluding hydrogens is 268 g/mol. The van der Waals surface area contributed by atoms with Crippen molar-refractivity contribution in [3.05, 3.63) is 0 Å². The molecule has 21 heavy (non-hydrogen) atoms. The molecule has 0 aromatic rings. The largest absolute Gasteiger partial charge is 0.465 e. The van der Waals surface area contributed by atoms with Gasteiger partial charge < -0.3 is 14.8 Å². The van der Waals surface area contributed by atoms with E-state index in [1.165, 1.54) is 0 Å². The predicted octanol–water partition coefficient (Wildman–Crippen LogP) is 1.81. The Labute approximate surface area is 129 Å². The molecule has 1 aliphatic heterocycles. The lowest BCUT2D eigenvalue weighted by atomic mass is 9.97. The van der Waals surface area contributed by atoms with Crippen molar-refractivity contribution in [2.24, 2.45) is 0 Å². The molecule has 0 saturated carbocycles. The second-order valence-electron chi connectivity index (χ2n) is 5.93. The van der Waals surface area contributed by atoms with Crippen LogP contribution in [0.25, 0.3) is 0 Å². The van der Waals surface area contributed by atoms with E-state index in [0.29, 0.717) is 12.7 Å². The van der Waals surface area contributed by atoms with Crippen molar-refractivity contribution in [1.29, 1.82) is 0 Å². The number of rotatable bonds is 9. The number of hydrogen-bond donors (Lipinski definition) is 1. The van der Waals surface area contributed by atoms with Crippen LogP contribution in [0.15, 0.2) is 0 Å². The summed E-state index contributed by atoms with van der Waals surface area (Å²) in [6.07, 6.45) is 3.14. The van der Waals surface area contributed by atoms with Crippen LogP contribution in [0, 0.1) is 0 Å². The first kappa shape index (κ1) is 18.4. The minimum atomic E-state index is -0.591. The smallest absolute Gasteiger partial charge is 0.326 e. The van der Waals surface area contributed by atoms with Crippen LogP contribution in [0.3, 0.4) is 0 Å². The average Bonchev–Trinajstić information content (AvgIpc) is 2.51. The van der Waals surface area contributed by atoms with E-state index in [-0.39, 0.29) is 5.97 Å². The predicted molar refractivity (Wildman–Crippen MR) is 84.4 cm³/mol. The molecule has 5 heteroatoms. The Balaban J connectivity index is 2.53. The molecule has 2 atom stereocenters. The van der Waals surface area contributed by atoms with Crippen LogP contribution >= 0.6 is 0 Å². The molecule has 0 aromatic carbocycles. The second kappa shape index (κ2) is 9.38. The molecule has 1 rings (SSSR count). The van der Waals surface area contributed by atoms with Crippen LogP contribution < -0.4 is 5.32 Å². The minimum Gasteiger partial charge on any atom is -0.465 e. The molecule has 0 aromatic heterocycles. The zero-order valence-corrected chi connectivity index (χ0v) is 14.1. The summed E-state index contributed by atoms with van der Waals surface area (Å²) in [7, 11) is 0. The SMILES string of the molecule is CCCNC(C)(CCN1CCOC(CC)C1)C(=O)OCC. The normalized spacial score (nSPS) is 22.8. The number of nitrogens with zero attached hydrogens (tertiary/aromatic N) is 1. The molecule has 1 fully saturated rings. The number of esters is 1. The van der Waals surface area contributed by atoms with Gasteiger partial charge in [0.1, 0.15) is 5.54 Å². The highest BCUT2D eigenvalue weighted by atomic mass is 16.5. The Morgan fingerprint density at radius 3 is 2.81 bits per heavy atom. The van der Waals surface area contributed by atoms with Gasteiger partial charge in [0.05, 0.1) is 19.3 Å². The second-order valence-corrected chi connectivity index (χ2v) is 5.93. The maximum Gasteiger partial charge on any atom is 0.326 e. The van der Waals surface area contributed by atoms with E-state index in [9.17, 15) is 4.79 Å². The monoisotopic (exact) mass is 300 g/mol. The molecule has 0 bridgehead atoms. The van der Waals surface area contributed by atoms with E-state index in [4.69, 9.17) is 9.47 Å². The molecule has 1 N–H and O–H groups in total. The Morgan fingerprint density at radius 1 is 1.43 bits per heavy atom. The van der Waals surface area contributed by atoms with Gasteiger partial charge in [0, 0.05) is 19.6 Å². The van der Waals surface area contributed by atoms with Gasteiger partial charge in [-0.05, 0) is 39.7 Å². The van der Waals surface area contributed by atoms with Gasteiger partial charge in [-0.3, -0.25) is 9.69 Å². The Morgan fingerprint density at radius 2 is 2.19 bits per heavy atom. The lowest BCUT2D eigenvalue weighted by Gasteiger charge is -2.35. The maximum absolute atomic E-state index is 12.2. The van der Waals surface area contributed by atoms with Gasteiger partial charge in [-0.2, -0.15) is 0 Å². The highest BCUT2D eigenvalue weighted by molar-refractivity contribution is 5.80. The van der Waals surface area contributed by atoms with Gasteiger partial charge in [0.25, 0.3) is 0 Å². The van der Waals surface area contributed by atoms with E-state index in [0.717, 1.165) is 52.0 Å². The van der Waals surface area contributed by atoms with Crippen LogP contribution in [-0.2, 0) is 14.3 Å². The van der Waals surface area contributed by atoms with Gasteiger partial charge in [-0.15, -0.1) is 0 Å². The molecule has 0 aliphatic carbocycles. The topological polar surface area (TPSA) is 50.8 Å². The number of carbonyl (C=O) groups excluding carboxylic acids is 1. The fourth-order valence-electron chi connectivity index (χ4n) is 2.57. The molecule has 0 amide bonds. The van der Waals surface area contributed by atoms with Gasteiger partial charge in [-0.25, -0.2) is 0 Å². The number of morpholine rings is 1. The lowest BCUT2D eigenvalue weighted by Crippen LogP contribution is -2.53. The van der Waals surface area contributed by atoms with E-state index in [1.54, 1.807) is 0 Å². The van der Waals surface area contributed by atoms with E-state index >= 15 is 0 Å². The Hall–Kier alpha value is -0.650. The van der Waals surface area contributed by atoms with Gasteiger partial charge in [-0.1, -0.05) is 13.8 Å². The van der Waals surface area contributed by atoms with E-state index in [2.05, 4.69) is 24.1 Å². The highest BCUT2D eigenvalue weighted by Gasteiger charge is 2.34. The number of nitrogens with one attached hydrogen (secondary N) is 1. The average molecular weight is 300 g/mol. The summed E-state index contributed by atoms with van der Waals surface area (Å²) in [5, 5.41) is 3.36. The maximum atomic E-state index is 12.2. The van der Waals surface area contributed by atoms with E-state index in [1.807, 2.05) is 13.8 Å². The third-order valence-electron chi connectivity index (χ3n) is 4.10. The summed E-state index contributed by atoms with van der Waals surface area (Å²) < 4.78 is 10.9. The molecule has 0 spiro atoms. The first-order chi connectivity index (χ1) is 10.1. The quantitative estimate of drug-likeness (QED) is 0.658. The minimum absolute atomic E-state index is 0.140. The summed E-state index contributed by atoms with van der Waals surface area (Å²) >= 11 is 0. The molecular formula is C16H32N2O3. The van der Waals surface area contributed by atoms with Crippen LogP contribution in [-0.4, -0.2) is 61.9 Å². The summed E-state index contributed by atoms with van der Waals surface area (Å²) in [5.41, 5.74) is -0.591. The van der Waals surface area contributed by atoms with E-state index < -0.39 is 5.54 Å². The number of ether oxygens (including phenoxy) is 2. The molecule has 1 heterocycles. The molecule has 5 nitrogen and oxygen atoms in total. The van der Waals surface area contributed by atoms with Crippen molar-refractivity contribution in [1.82, 2.24) is 10.2 Å². The standard InChI is InChI=1S/C16H32N2O3/c1-5-9-17-16(4,15(19)20-7-3)8-10-18-11-12-21-14(6-2)13-18/h14,17H,5-13H2,1-4H3. The fourth-order valence-corrected chi connectivity index (χ4v) is 2.57. The van der Waals surface area contributed by atoms with Gasteiger partial charge >= 0.3 is 5.97 Å². The summed E-state index contributed by atoms with van der Waals surface area (Å²) in [4.78, 5) is 14.6. The lowest BCUT2D eigenvalue weighted by molar-refractivity contribution is -0.151. The van der Waals surface area contributed by atoms with Gasteiger partial charge in [0.2, 0.25) is 0 Å². The van der Waals surface area contributed by atoms with Gasteiger partial charge in [0.15, 0.2) is 0 Å². The summed E-state index contributed by atoms with van der Waals surface area (Å²) in [5.74, 6) is -0.140. The Bertz CT molecular complexity index is 312. The first-order valence-electron chi connectivity index (χ1n) is 8.31. The van der Waals surface area contributed by atoms with Crippen molar-refractivity contribution in [3.8, 4) is 0 Å². The summed E-state index contributed by atoms with van der Waals surface area (Å²) in [6.45, 7) is 12.9. The fraction of sp³-hybridized carbons (Fsp3) is 0.938. The third kappa shape index (κ3) is 5.93. The van der Waals surface area contributed by atoms with Crippen molar-refractivity contribution in [3.63, 3.8) is 0 Å². The zero-order chi connectivity index (χ0) is 15.7. The van der Waals surface area contributed by atoms with Crippen molar-refractivity contribution in [2.45, 2.75) is 58.6 Å². The Kier molecular flexibility index (Phi) is 8.22. The van der Waals surface area contributed by atoms with Crippen LogP contribution in [0.5, 0.6) is 0 Å². The number of carbonyl (C=O) groups is 1. The molecule has 0 radical (unpaired) electrons. The van der Waals surface area contributed by atoms with Crippen LogP contribution in [0.1, 0.15) is 47.0 Å². The van der Waals surface area contributed by atoms with Crippen molar-refractivity contribution >= 4 is 5.97 Å². The van der Waals surface area contributed by atoms with Crippen molar-refractivity contribution in [2.75, 3.05) is 39.4 Å².